The van der Waals surface area contributed by atoms with Crippen LogP contribution in [0.3, 0.4) is 0 Å². The number of alkyl halides is 2. The first kappa shape index (κ1) is 12.4. The Morgan fingerprint density at radius 3 is 1.64 bits per heavy atom. The third kappa shape index (κ3) is 7.78. The molecule has 11 heavy (non-hydrogen) atoms. The van der Waals surface area contributed by atoms with Gasteiger partial charge in [0.1, 0.15) is 0 Å². The van der Waals surface area contributed by atoms with Crippen LogP contribution in [0.1, 0.15) is 0 Å². The molecule has 64 valence electrons. The molecule has 0 aromatic carbocycles. The molecule has 0 aromatic heterocycles. The van der Waals surface area contributed by atoms with Crippen molar-refractivity contribution < 1.29 is 0 Å². The van der Waals surface area contributed by atoms with Crippen molar-refractivity contribution in [2.24, 2.45) is 0 Å². The van der Waals surface area contributed by atoms with Gasteiger partial charge in [0.25, 0.3) is 0 Å². The van der Waals surface area contributed by atoms with Crippen molar-refractivity contribution in [1.82, 2.24) is 0 Å². The first-order valence-corrected chi connectivity index (χ1v) is 7.18. The maximum absolute atomic E-state index is 5.65. The SMILES string of the molecule is ClC/C(Cl)=C/[Te]/C=C(\Cl)CCl. The van der Waals surface area contributed by atoms with Crippen LogP contribution < -0.4 is 0 Å². The van der Waals surface area contributed by atoms with E-state index in [4.69, 9.17) is 46.4 Å². The molecule has 0 saturated heterocycles. The van der Waals surface area contributed by atoms with E-state index in [9.17, 15) is 0 Å². The summed E-state index contributed by atoms with van der Waals surface area (Å²) < 4.78 is 3.85. The van der Waals surface area contributed by atoms with Gasteiger partial charge in [-0.05, 0) is 0 Å². The van der Waals surface area contributed by atoms with Gasteiger partial charge in [-0.3, -0.25) is 0 Å². The topological polar surface area (TPSA) is 0 Å². The summed E-state index contributed by atoms with van der Waals surface area (Å²) >= 11 is 21.8. The van der Waals surface area contributed by atoms with Crippen molar-refractivity contribution in [2.75, 3.05) is 11.8 Å². The Labute approximate surface area is 96.6 Å². The molecule has 0 spiro atoms. The molecule has 5 heteroatoms. The third-order valence-corrected chi connectivity index (χ3v) is 5.20. The van der Waals surface area contributed by atoms with E-state index in [-0.39, 0.29) is 20.9 Å². The van der Waals surface area contributed by atoms with Crippen molar-refractivity contribution in [1.29, 1.82) is 0 Å². The van der Waals surface area contributed by atoms with Gasteiger partial charge in [0, 0.05) is 0 Å². The van der Waals surface area contributed by atoms with Gasteiger partial charge < -0.3 is 0 Å². The second-order valence-corrected chi connectivity index (χ2v) is 5.16. The summed E-state index contributed by atoms with van der Waals surface area (Å²) in [5.74, 6) is 0.747. The van der Waals surface area contributed by atoms with Crippen molar-refractivity contribution >= 4 is 67.3 Å². The van der Waals surface area contributed by atoms with Gasteiger partial charge in [-0.25, -0.2) is 0 Å². The van der Waals surface area contributed by atoms with E-state index in [0.717, 1.165) is 0 Å². The van der Waals surface area contributed by atoms with E-state index in [1.807, 2.05) is 8.25 Å². The fraction of sp³-hybridized carbons (Fsp3) is 0.333. The monoisotopic (exact) mass is 348 g/mol. The quantitative estimate of drug-likeness (QED) is 0.541. The van der Waals surface area contributed by atoms with Crippen LogP contribution in [0.4, 0.5) is 0 Å². The minimum atomic E-state index is -0.389. The summed E-state index contributed by atoms with van der Waals surface area (Å²) in [7, 11) is 0. The molecular formula is C6H6Cl4Te. The first-order valence-electron chi connectivity index (χ1n) is 2.67. The predicted molar refractivity (Wildman–Crippen MR) is 55.1 cm³/mol. The van der Waals surface area contributed by atoms with E-state index in [2.05, 4.69) is 0 Å². The third-order valence-electron chi connectivity index (χ3n) is 0.647. The Kier molecular flexibility index (Phi) is 9.09. The fourth-order valence-corrected chi connectivity index (χ4v) is 3.18. The Morgan fingerprint density at radius 2 is 1.36 bits per heavy atom. The summed E-state index contributed by atoms with van der Waals surface area (Å²) in [6.45, 7) is 0. The Bertz CT molecular complexity index is 146. The number of rotatable bonds is 4. The first-order chi connectivity index (χ1) is 5.20. The van der Waals surface area contributed by atoms with Gasteiger partial charge in [0.15, 0.2) is 0 Å². The molecule has 0 aliphatic carbocycles. The molecule has 0 aliphatic rings. The van der Waals surface area contributed by atoms with E-state index in [0.29, 0.717) is 21.8 Å². The molecule has 0 saturated carbocycles. The molecular weight excluding hydrogens is 341 g/mol. The summed E-state index contributed by atoms with van der Waals surface area (Å²) in [6.07, 6.45) is 0. The molecule has 0 nitrogen and oxygen atoms in total. The van der Waals surface area contributed by atoms with Crippen molar-refractivity contribution in [3.63, 3.8) is 0 Å². The molecule has 0 aliphatic heterocycles. The van der Waals surface area contributed by atoms with Gasteiger partial charge in [-0.1, -0.05) is 0 Å². The summed E-state index contributed by atoms with van der Waals surface area (Å²) in [4.78, 5) is 0. The molecule has 0 amide bonds. The normalized spacial score (nSPS) is 13.8. The van der Waals surface area contributed by atoms with Crippen molar-refractivity contribution in [3.8, 4) is 0 Å². The second-order valence-electron chi connectivity index (χ2n) is 1.53. The zero-order chi connectivity index (χ0) is 8.69. The van der Waals surface area contributed by atoms with Crippen LogP contribution in [0, 0.1) is 0 Å². The molecule has 0 bridgehead atoms. The number of hydrogen-bond acceptors (Lipinski definition) is 0. The average molecular weight is 348 g/mol. The number of allylic oxidation sites excluding steroid dienone is 2. The van der Waals surface area contributed by atoms with Crippen LogP contribution in [0.5, 0.6) is 0 Å². The number of halogens is 4. The van der Waals surface area contributed by atoms with Crippen molar-refractivity contribution in [3.05, 3.63) is 18.3 Å². The summed E-state index contributed by atoms with van der Waals surface area (Å²) in [6, 6.07) is 0. The zero-order valence-corrected chi connectivity index (χ0v) is 10.8. The van der Waals surface area contributed by atoms with Crippen LogP contribution in [0.25, 0.3) is 0 Å². The standard InChI is InChI=1S/C6H6Cl4Te/c7-1-5(9)3-11-4-6(10)2-8/h3-4H,1-2H2/b5-3-,6-4-. The Morgan fingerprint density at radius 1 is 1.00 bits per heavy atom. The Hall–Kier alpha value is 1.43. The molecule has 0 heterocycles. The van der Waals surface area contributed by atoms with Crippen LogP contribution in [0.2, 0.25) is 0 Å². The Balaban J connectivity index is 3.71. The summed E-state index contributed by atoms with van der Waals surface area (Å²) in [5, 5.41) is 1.37. The van der Waals surface area contributed by atoms with Crippen LogP contribution in [-0.4, -0.2) is 32.7 Å². The molecule has 0 atom stereocenters. The van der Waals surface area contributed by atoms with Gasteiger partial charge in [0.05, 0.1) is 0 Å². The van der Waals surface area contributed by atoms with Gasteiger partial charge in [-0.15, -0.1) is 0 Å². The van der Waals surface area contributed by atoms with E-state index in [1.165, 1.54) is 0 Å². The molecule has 0 fully saturated rings. The van der Waals surface area contributed by atoms with Crippen LogP contribution >= 0.6 is 46.4 Å². The molecule has 0 N–H and O–H groups in total. The summed E-state index contributed by atoms with van der Waals surface area (Å²) in [5.41, 5.74) is 0. The average Bonchev–Trinajstić information content (AvgIpc) is 2.04. The molecule has 0 unspecified atom stereocenters. The van der Waals surface area contributed by atoms with Crippen LogP contribution in [0.15, 0.2) is 18.3 Å². The van der Waals surface area contributed by atoms with Gasteiger partial charge >= 0.3 is 97.4 Å². The second kappa shape index (κ2) is 8.05. The van der Waals surface area contributed by atoms with E-state index >= 15 is 0 Å². The van der Waals surface area contributed by atoms with Gasteiger partial charge in [0.2, 0.25) is 0 Å². The van der Waals surface area contributed by atoms with Crippen molar-refractivity contribution in [2.45, 2.75) is 0 Å². The van der Waals surface area contributed by atoms with E-state index < -0.39 is 0 Å². The zero-order valence-electron chi connectivity index (χ0n) is 5.49. The molecule has 0 rings (SSSR count). The van der Waals surface area contributed by atoms with Crippen LogP contribution in [-0.2, 0) is 0 Å². The minimum absolute atomic E-state index is 0.374. The van der Waals surface area contributed by atoms with Gasteiger partial charge in [-0.2, -0.15) is 0 Å². The molecule has 0 radical (unpaired) electrons. The number of hydrogen-bond donors (Lipinski definition) is 0. The van der Waals surface area contributed by atoms with E-state index in [1.54, 1.807) is 0 Å². The maximum atomic E-state index is 5.65. The predicted octanol–water partition coefficient (Wildman–Crippen LogP) is 3.33. The fourth-order valence-electron chi connectivity index (χ4n) is 0.245. The molecule has 0 aromatic rings.